The van der Waals surface area contributed by atoms with Gasteiger partial charge in [-0.2, -0.15) is 0 Å². The molecule has 2 rings (SSSR count). The summed E-state index contributed by atoms with van der Waals surface area (Å²) in [5.74, 6) is -1.10. The van der Waals surface area contributed by atoms with Crippen LogP contribution < -0.4 is 0 Å². The lowest BCUT2D eigenvalue weighted by molar-refractivity contribution is 0.213. The molecule has 0 amide bonds. The van der Waals surface area contributed by atoms with Crippen molar-refractivity contribution in [1.29, 1.82) is 0 Å². The van der Waals surface area contributed by atoms with E-state index >= 15 is 0 Å². The maximum absolute atomic E-state index is 13.9. The summed E-state index contributed by atoms with van der Waals surface area (Å²) >= 11 is 0. The van der Waals surface area contributed by atoms with E-state index in [9.17, 15) is 13.9 Å². The first-order valence-corrected chi connectivity index (χ1v) is 6.11. The summed E-state index contributed by atoms with van der Waals surface area (Å²) in [6.07, 6.45) is -1.16. The lowest BCUT2D eigenvalue weighted by Gasteiger charge is -2.17. The highest BCUT2D eigenvalue weighted by Crippen LogP contribution is 2.29. The van der Waals surface area contributed by atoms with Crippen LogP contribution in [0.1, 0.15) is 33.9 Å². The quantitative estimate of drug-likeness (QED) is 0.868. The zero-order valence-electron chi connectivity index (χ0n) is 11.2. The molecule has 2 aromatic rings. The molecule has 0 heterocycles. The average Bonchev–Trinajstić information content (AvgIpc) is 2.36. The van der Waals surface area contributed by atoms with Crippen LogP contribution in [0.15, 0.2) is 30.3 Å². The van der Waals surface area contributed by atoms with Gasteiger partial charge in [-0.3, -0.25) is 0 Å². The molecule has 0 bridgehead atoms. The maximum Gasteiger partial charge on any atom is 0.129 e. The van der Waals surface area contributed by atoms with Crippen molar-refractivity contribution in [3.05, 3.63) is 69.8 Å². The van der Waals surface area contributed by atoms with Gasteiger partial charge in [0.25, 0.3) is 0 Å². The monoisotopic (exact) mass is 262 g/mol. The predicted molar refractivity (Wildman–Crippen MR) is 71.1 cm³/mol. The van der Waals surface area contributed by atoms with Gasteiger partial charge in [-0.15, -0.1) is 0 Å². The molecule has 1 atom stereocenters. The number of hydrogen-bond donors (Lipinski definition) is 1. The molecule has 1 nitrogen and oxygen atoms in total. The van der Waals surface area contributed by atoms with E-state index in [1.54, 1.807) is 12.1 Å². The Morgan fingerprint density at radius 2 is 1.58 bits per heavy atom. The average molecular weight is 262 g/mol. The van der Waals surface area contributed by atoms with Crippen molar-refractivity contribution in [3.8, 4) is 0 Å². The van der Waals surface area contributed by atoms with Gasteiger partial charge in [0, 0.05) is 5.56 Å². The van der Waals surface area contributed by atoms with Gasteiger partial charge in [0.05, 0.1) is 0 Å². The fourth-order valence-electron chi connectivity index (χ4n) is 2.11. The molecule has 0 fully saturated rings. The van der Waals surface area contributed by atoms with Gasteiger partial charge in [0.1, 0.15) is 17.7 Å². The standard InChI is InChI=1S/C16H16F2O/c1-9-5-4-6-12(11(9)3)16(19)13-8-14(17)10(2)7-15(13)18/h4-8,16,19H,1-3H3. The molecular formula is C16H16F2O. The highest BCUT2D eigenvalue weighted by molar-refractivity contribution is 5.40. The molecule has 0 aliphatic heterocycles. The zero-order chi connectivity index (χ0) is 14.2. The van der Waals surface area contributed by atoms with Gasteiger partial charge >= 0.3 is 0 Å². The van der Waals surface area contributed by atoms with Crippen molar-refractivity contribution in [3.63, 3.8) is 0 Å². The normalized spacial score (nSPS) is 12.5. The summed E-state index contributed by atoms with van der Waals surface area (Å²) in [5.41, 5.74) is 2.69. The largest absolute Gasteiger partial charge is 0.384 e. The summed E-state index contributed by atoms with van der Waals surface area (Å²) in [6, 6.07) is 7.61. The van der Waals surface area contributed by atoms with Gasteiger partial charge < -0.3 is 5.11 Å². The zero-order valence-corrected chi connectivity index (χ0v) is 11.2. The molecule has 19 heavy (non-hydrogen) atoms. The fourth-order valence-corrected chi connectivity index (χ4v) is 2.11. The molecule has 0 saturated carbocycles. The first kappa shape index (κ1) is 13.7. The second-order valence-corrected chi connectivity index (χ2v) is 4.81. The van der Waals surface area contributed by atoms with Gasteiger partial charge in [0.15, 0.2) is 0 Å². The Balaban J connectivity index is 2.53. The third kappa shape index (κ3) is 2.51. The minimum atomic E-state index is -1.16. The Kier molecular flexibility index (Phi) is 3.67. The van der Waals surface area contributed by atoms with E-state index in [-0.39, 0.29) is 11.1 Å². The second kappa shape index (κ2) is 5.10. The van der Waals surface area contributed by atoms with Crippen LogP contribution in [0, 0.1) is 32.4 Å². The Bertz CT molecular complexity index is 620. The van der Waals surface area contributed by atoms with Crippen LogP contribution in [0.25, 0.3) is 0 Å². The molecule has 0 aliphatic carbocycles. The van der Waals surface area contributed by atoms with Crippen LogP contribution in [0.5, 0.6) is 0 Å². The fraction of sp³-hybridized carbons (Fsp3) is 0.250. The van der Waals surface area contributed by atoms with Crippen LogP contribution in [0.2, 0.25) is 0 Å². The second-order valence-electron chi connectivity index (χ2n) is 4.81. The number of hydrogen-bond acceptors (Lipinski definition) is 1. The van der Waals surface area contributed by atoms with Crippen LogP contribution in [-0.4, -0.2) is 5.11 Å². The van der Waals surface area contributed by atoms with E-state index in [0.717, 1.165) is 23.3 Å². The Labute approximate surface area is 111 Å². The summed E-state index contributed by atoms with van der Waals surface area (Å²) in [5, 5.41) is 10.3. The lowest BCUT2D eigenvalue weighted by atomic mass is 9.94. The molecule has 0 aliphatic rings. The maximum atomic E-state index is 13.9. The smallest absolute Gasteiger partial charge is 0.129 e. The van der Waals surface area contributed by atoms with Crippen molar-refractivity contribution in [2.45, 2.75) is 26.9 Å². The van der Waals surface area contributed by atoms with Gasteiger partial charge in [-0.05, 0) is 55.2 Å². The summed E-state index contributed by atoms with van der Waals surface area (Å²) < 4.78 is 27.4. The van der Waals surface area contributed by atoms with E-state index < -0.39 is 17.7 Å². The van der Waals surface area contributed by atoms with Crippen LogP contribution in [0.4, 0.5) is 8.78 Å². The van der Waals surface area contributed by atoms with Gasteiger partial charge in [0.2, 0.25) is 0 Å². The summed E-state index contributed by atoms with van der Waals surface area (Å²) in [7, 11) is 0. The molecule has 0 saturated heterocycles. The van der Waals surface area contributed by atoms with Crippen LogP contribution in [-0.2, 0) is 0 Å². The molecule has 100 valence electrons. The molecule has 3 heteroatoms. The molecule has 0 spiro atoms. The first-order valence-electron chi connectivity index (χ1n) is 6.11. The highest BCUT2D eigenvalue weighted by atomic mass is 19.1. The number of aryl methyl sites for hydroxylation is 2. The predicted octanol–water partition coefficient (Wildman–Crippen LogP) is 3.97. The third-order valence-electron chi connectivity index (χ3n) is 3.51. The van der Waals surface area contributed by atoms with E-state index in [1.807, 2.05) is 19.9 Å². The topological polar surface area (TPSA) is 20.2 Å². The van der Waals surface area contributed by atoms with E-state index in [2.05, 4.69) is 0 Å². The van der Waals surface area contributed by atoms with E-state index in [1.165, 1.54) is 6.92 Å². The Morgan fingerprint density at radius 3 is 2.26 bits per heavy atom. The minimum Gasteiger partial charge on any atom is -0.384 e. The van der Waals surface area contributed by atoms with Crippen molar-refractivity contribution in [2.75, 3.05) is 0 Å². The van der Waals surface area contributed by atoms with Crippen molar-refractivity contribution >= 4 is 0 Å². The van der Waals surface area contributed by atoms with Crippen molar-refractivity contribution < 1.29 is 13.9 Å². The first-order chi connectivity index (χ1) is 8.91. The number of rotatable bonds is 2. The van der Waals surface area contributed by atoms with Gasteiger partial charge in [-0.25, -0.2) is 8.78 Å². The SMILES string of the molecule is Cc1cc(F)c(C(O)c2cccc(C)c2C)cc1F. The van der Waals surface area contributed by atoms with Crippen molar-refractivity contribution in [2.24, 2.45) is 0 Å². The number of aliphatic hydroxyl groups is 1. The minimum absolute atomic E-state index is 0.0307. The molecule has 1 N–H and O–H groups in total. The third-order valence-corrected chi connectivity index (χ3v) is 3.51. The Hall–Kier alpha value is -1.74. The van der Waals surface area contributed by atoms with E-state index in [4.69, 9.17) is 0 Å². The number of benzene rings is 2. The Morgan fingerprint density at radius 1 is 0.895 bits per heavy atom. The number of halogens is 2. The highest BCUT2D eigenvalue weighted by Gasteiger charge is 2.19. The summed E-state index contributed by atoms with van der Waals surface area (Å²) in [4.78, 5) is 0. The van der Waals surface area contributed by atoms with Crippen molar-refractivity contribution in [1.82, 2.24) is 0 Å². The lowest BCUT2D eigenvalue weighted by Crippen LogP contribution is -2.06. The van der Waals surface area contributed by atoms with Crippen LogP contribution >= 0.6 is 0 Å². The van der Waals surface area contributed by atoms with Crippen LogP contribution in [0.3, 0.4) is 0 Å². The summed E-state index contributed by atoms with van der Waals surface area (Å²) in [6.45, 7) is 5.26. The van der Waals surface area contributed by atoms with Gasteiger partial charge in [-0.1, -0.05) is 18.2 Å². The molecule has 0 aromatic heterocycles. The van der Waals surface area contributed by atoms with E-state index in [0.29, 0.717) is 5.56 Å². The molecule has 0 radical (unpaired) electrons. The molecule has 2 aromatic carbocycles. The molecular weight excluding hydrogens is 246 g/mol. The number of aliphatic hydroxyl groups excluding tert-OH is 1. The molecule has 1 unspecified atom stereocenters.